The maximum Gasteiger partial charge on any atom is 0.320 e. The van der Waals surface area contributed by atoms with Crippen molar-refractivity contribution in [1.82, 2.24) is 0 Å². The zero-order chi connectivity index (χ0) is 17.9. The van der Waals surface area contributed by atoms with Gasteiger partial charge in [-0.15, -0.1) is 0 Å². The summed E-state index contributed by atoms with van der Waals surface area (Å²) in [5, 5.41) is 22.4. The third kappa shape index (κ3) is 4.35. The molecule has 7 nitrogen and oxygen atoms in total. The van der Waals surface area contributed by atoms with E-state index in [9.17, 15) is 14.8 Å². The lowest BCUT2D eigenvalue weighted by molar-refractivity contribution is -0.605. The summed E-state index contributed by atoms with van der Waals surface area (Å²) >= 11 is 11.7. The second-order valence-corrected chi connectivity index (χ2v) is 5.80. The molecule has 2 aromatic rings. The molecule has 0 saturated carbocycles. The summed E-state index contributed by atoms with van der Waals surface area (Å²) in [5.41, 5.74) is 6.62. The van der Waals surface area contributed by atoms with Crippen LogP contribution in [-0.2, 0) is 11.2 Å². The lowest BCUT2D eigenvalue weighted by Gasteiger charge is -2.10. The van der Waals surface area contributed by atoms with E-state index in [-0.39, 0.29) is 22.0 Å². The molecular formula is C15H13Cl2N3O4. The average molecular weight is 370 g/mol. The molecule has 126 valence electrons. The van der Waals surface area contributed by atoms with Crippen molar-refractivity contribution in [2.24, 2.45) is 5.73 Å². The maximum absolute atomic E-state index is 12.2. The van der Waals surface area contributed by atoms with Crippen molar-refractivity contribution >= 4 is 40.8 Å². The number of pyridine rings is 1. The molecule has 9 heteroatoms. The normalized spacial score (nSPS) is 11.8. The Morgan fingerprint density at radius 2 is 1.75 bits per heavy atom. The Morgan fingerprint density at radius 3 is 2.25 bits per heavy atom. The van der Waals surface area contributed by atoms with E-state index in [0.29, 0.717) is 16.0 Å². The first-order valence-electron chi connectivity index (χ1n) is 6.74. The van der Waals surface area contributed by atoms with Gasteiger partial charge in [-0.25, -0.2) is 0 Å². The van der Waals surface area contributed by atoms with Crippen LogP contribution in [0.1, 0.15) is 15.9 Å². The summed E-state index contributed by atoms with van der Waals surface area (Å²) < 4.78 is 0.405. The minimum absolute atomic E-state index is 0.0117. The summed E-state index contributed by atoms with van der Waals surface area (Å²) in [6.45, 7) is 0. The van der Waals surface area contributed by atoms with Crippen LogP contribution in [0.15, 0.2) is 36.7 Å². The fourth-order valence-electron chi connectivity index (χ4n) is 1.98. The minimum Gasteiger partial charge on any atom is -0.619 e. The Bertz CT molecular complexity index is 758. The van der Waals surface area contributed by atoms with Crippen LogP contribution in [0.4, 0.5) is 5.69 Å². The lowest BCUT2D eigenvalue weighted by atomic mass is 10.1. The Labute approximate surface area is 147 Å². The number of rotatable bonds is 5. The summed E-state index contributed by atoms with van der Waals surface area (Å²) in [6.07, 6.45) is 2.22. The largest absolute Gasteiger partial charge is 0.619 e. The molecule has 1 aromatic carbocycles. The number of amides is 1. The fourth-order valence-corrected chi connectivity index (χ4v) is 2.60. The van der Waals surface area contributed by atoms with Crippen molar-refractivity contribution in [3.05, 3.63) is 63.0 Å². The van der Waals surface area contributed by atoms with Crippen molar-refractivity contribution in [3.63, 3.8) is 0 Å². The number of carbonyl (C=O) groups is 2. The molecule has 1 heterocycles. The fraction of sp³-hybridized carbons (Fsp3) is 0.133. The first kappa shape index (κ1) is 18.0. The third-order valence-corrected chi connectivity index (χ3v) is 3.74. The monoisotopic (exact) mass is 369 g/mol. The molecule has 24 heavy (non-hydrogen) atoms. The van der Waals surface area contributed by atoms with Gasteiger partial charge in [-0.1, -0.05) is 35.3 Å². The van der Waals surface area contributed by atoms with Gasteiger partial charge in [0.05, 0.1) is 5.56 Å². The first-order chi connectivity index (χ1) is 11.3. The van der Waals surface area contributed by atoms with Crippen LogP contribution < -0.4 is 15.8 Å². The minimum atomic E-state index is -1.09. The van der Waals surface area contributed by atoms with Gasteiger partial charge in [-0.3, -0.25) is 9.59 Å². The van der Waals surface area contributed by atoms with E-state index in [1.807, 2.05) is 0 Å². The molecule has 1 atom stereocenters. The van der Waals surface area contributed by atoms with E-state index >= 15 is 0 Å². The molecule has 0 unspecified atom stereocenters. The predicted octanol–water partition coefficient (Wildman–Crippen LogP) is 1.83. The van der Waals surface area contributed by atoms with E-state index in [1.54, 1.807) is 24.3 Å². The highest BCUT2D eigenvalue weighted by atomic mass is 35.5. The van der Waals surface area contributed by atoms with E-state index in [2.05, 4.69) is 5.32 Å². The lowest BCUT2D eigenvalue weighted by Crippen LogP contribution is -2.32. The van der Waals surface area contributed by atoms with Crippen LogP contribution in [0.25, 0.3) is 0 Å². The molecule has 0 radical (unpaired) electrons. The van der Waals surface area contributed by atoms with Crippen LogP contribution in [-0.4, -0.2) is 23.0 Å². The van der Waals surface area contributed by atoms with Gasteiger partial charge in [-0.05, 0) is 24.1 Å². The van der Waals surface area contributed by atoms with Gasteiger partial charge in [0.1, 0.15) is 16.1 Å². The number of aromatic nitrogens is 1. The van der Waals surface area contributed by atoms with Gasteiger partial charge in [-0.2, -0.15) is 4.73 Å². The van der Waals surface area contributed by atoms with Crippen molar-refractivity contribution in [2.75, 3.05) is 5.32 Å². The Hall–Kier alpha value is -2.35. The third-order valence-electron chi connectivity index (χ3n) is 3.17. The van der Waals surface area contributed by atoms with E-state index < -0.39 is 17.9 Å². The van der Waals surface area contributed by atoms with E-state index in [4.69, 9.17) is 34.0 Å². The van der Waals surface area contributed by atoms with E-state index in [0.717, 1.165) is 12.4 Å². The predicted molar refractivity (Wildman–Crippen MR) is 89.1 cm³/mol. The summed E-state index contributed by atoms with van der Waals surface area (Å²) in [4.78, 5) is 23.0. The average Bonchev–Trinajstić information content (AvgIpc) is 2.48. The number of nitrogens with zero attached hydrogens (tertiary/aromatic N) is 1. The molecule has 0 aliphatic heterocycles. The van der Waals surface area contributed by atoms with Crippen LogP contribution in [0.2, 0.25) is 10.0 Å². The number of hydrogen-bond acceptors (Lipinski definition) is 4. The van der Waals surface area contributed by atoms with Crippen molar-refractivity contribution < 1.29 is 19.4 Å². The van der Waals surface area contributed by atoms with Crippen LogP contribution >= 0.6 is 23.2 Å². The molecule has 1 aromatic heterocycles. The Kier molecular flexibility index (Phi) is 5.61. The molecule has 2 rings (SSSR count). The second kappa shape index (κ2) is 7.48. The summed E-state index contributed by atoms with van der Waals surface area (Å²) in [5.74, 6) is -1.66. The highest BCUT2D eigenvalue weighted by Crippen LogP contribution is 2.23. The molecule has 0 aliphatic rings. The quantitative estimate of drug-likeness (QED) is 0.548. The van der Waals surface area contributed by atoms with Crippen LogP contribution in [0.5, 0.6) is 0 Å². The SMILES string of the molecule is N[C@@H](Cc1ccc(NC(=O)c2c(Cl)c[n+]([O-])cc2Cl)cc1)C(=O)O. The number of aliphatic carboxylic acids is 1. The topological polar surface area (TPSA) is 119 Å². The molecule has 1 amide bonds. The van der Waals surface area contributed by atoms with Gasteiger partial charge < -0.3 is 21.4 Å². The highest BCUT2D eigenvalue weighted by Gasteiger charge is 2.19. The van der Waals surface area contributed by atoms with Crippen molar-refractivity contribution in [1.29, 1.82) is 0 Å². The number of nitrogens with two attached hydrogens (primary N) is 1. The maximum atomic E-state index is 12.2. The molecule has 0 bridgehead atoms. The van der Waals surface area contributed by atoms with Crippen molar-refractivity contribution in [3.8, 4) is 0 Å². The number of carboxylic acids is 1. The van der Waals surface area contributed by atoms with Gasteiger partial charge >= 0.3 is 5.97 Å². The molecule has 0 aliphatic carbocycles. The molecule has 0 spiro atoms. The molecule has 0 fully saturated rings. The first-order valence-corrected chi connectivity index (χ1v) is 7.50. The summed E-state index contributed by atoms with van der Waals surface area (Å²) in [6, 6.07) is 5.50. The molecule has 4 N–H and O–H groups in total. The second-order valence-electron chi connectivity index (χ2n) is 4.99. The van der Waals surface area contributed by atoms with Crippen molar-refractivity contribution in [2.45, 2.75) is 12.5 Å². The number of benzene rings is 1. The highest BCUT2D eigenvalue weighted by molar-refractivity contribution is 6.40. The number of carbonyl (C=O) groups excluding carboxylic acids is 1. The number of hydrogen-bond donors (Lipinski definition) is 3. The van der Waals surface area contributed by atoms with Crippen LogP contribution in [0, 0.1) is 5.21 Å². The van der Waals surface area contributed by atoms with Gasteiger partial charge in [0.15, 0.2) is 12.4 Å². The molecular weight excluding hydrogens is 357 g/mol. The Morgan fingerprint density at radius 1 is 1.21 bits per heavy atom. The number of anilines is 1. The van der Waals surface area contributed by atoms with Gasteiger partial charge in [0.25, 0.3) is 5.91 Å². The number of nitrogens with one attached hydrogen (secondary N) is 1. The molecule has 0 saturated heterocycles. The van der Waals surface area contributed by atoms with E-state index in [1.165, 1.54) is 0 Å². The Balaban J connectivity index is 2.11. The van der Waals surface area contributed by atoms with Gasteiger partial charge in [0.2, 0.25) is 0 Å². The van der Waals surface area contributed by atoms with Crippen LogP contribution in [0.3, 0.4) is 0 Å². The number of carboxylic acid groups (broad SMARTS) is 1. The van der Waals surface area contributed by atoms with Gasteiger partial charge in [0, 0.05) is 5.69 Å². The zero-order valence-corrected chi connectivity index (χ0v) is 13.7. The summed E-state index contributed by atoms with van der Waals surface area (Å²) in [7, 11) is 0. The number of halogens is 2. The smallest absolute Gasteiger partial charge is 0.320 e. The zero-order valence-electron chi connectivity index (χ0n) is 12.2. The standard InChI is InChI=1S/C15H13Cl2N3O4/c16-10-6-20(24)7-11(17)13(10)14(21)19-9-3-1-8(2-4-9)5-12(18)15(22)23/h1-4,6-7,12H,5,18H2,(H,19,21)(H,22,23)/t12-/m0/s1.